The zero-order valence-corrected chi connectivity index (χ0v) is 15.8. The number of rotatable bonds is 8. The predicted octanol–water partition coefficient (Wildman–Crippen LogP) is 2.39. The number of H-pyrrole nitrogens is 1. The number of aromatic amines is 1. The van der Waals surface area contributed by atoms with E-state index >= 15 is 0 Å². The number of thiophene rings is 1. The minimum atomic E-state index is -0.653. The maximum atomic E-state index is 12.3. The van der Waals surface area contributed by atoms with Crippen molar-refractivity contribution in [2.24, 2.45) is 0 Å². The highest BCUT2D eigenvalue weighted by Crippen LogP contribution is 2.19. The zero-order valence-electron chi connectivity index (χ0n) is 15.0. The number of hydrogen-bond donors (Lipinski definition) is 2. The minimum absolute atomic E-state index is 0.219. The van der Waals surface area contributed by atoms with Crippen LogP contribution in [0.4, 0.5) is 0 Å². The number of aryl methyl sites for hydroxylation is 1. The molecule has 0 atom stereocenters. The molecule has 0 spiro atoms. The molecule has 2 rings (SSSR count). The van der Waals surface area contributed by atoms with E-state index in [2.05, 4.69) is 10.3 Å². The van der Waals surface area contributed by atoms with Crippen LogP contribution in [0.15, 0.2) is 17.5 Å². The van der Waals surface area contributed by atoms with Gasteiger partial charge in [-0.2, -0.15) is 0 Å². The second-order valence-electron chi connectivity index (χ2n) is 5.60. The summed E-state index contributed by atoms with van der Waals surface area (Å²) >= 11 is 1.62. The molecule has 2 aromatic rings. The lowest BCUT2D eigenvalue weighted by molar-refractivity contribution is -0.124. The molecular weight excluding hydrogens is 356 g/mol. The smallest absolute Gasteiger partial charge is 0.355 e. The van der Waals surface area contributed by atoms with E-state index < -0.39 is 11.9 Å². The molecule has 0 aliphatic carbocycles. The predicted molar refractivity (Wildman–Crippen MR) is 97.5 cm³/mol. The average molecular weight is 378 g/mol. The topological polar surface area (TPSA) is 97.5 Å². The summed E-state index contributed by atoms with van der Waals surface area (Å²) in [6, 6.07) is 3.95. The van der Waals surface area contributed by atoms with Crippen LogP contribution in [-0.2, 0) is 20.7 Å². The maximum Gasteiger partial charge on any atom is 0.355 e. The molecule has 0 aliphatic rings. The number of ether oxygens (including phenoxy) is 2. The van der Waals surface area contributed by atoms with Crippen molar-refractivity contribution in [3.63, 3.8) is 0 Å². The second-order valence-corrected chi connectivity index (χ2v) is 6.63. The molecule has 0 unspecified atom stereocenters. The van der Waals surface area contributed by atoms with Gasteiger partial charge in [0.15, 0.2) is 6.61 Å². The molecule has 7 nitrogen and oxygen atoms in total. The van der Waals surface area contributed by atoms with Gasteiger partial charge in [0.2, 0.25) is 0 Å². The first-order valence-corrected chi connectivity index (χ1v) is 9.14. The number of esters is 2. The molecule has 0 bridgehead atoms. The van der Waals surface area contributed by atoms with Crippen molar-refractivity contribution >= 4 is 29.2 Å². The molecule has 8 heteroatoms. The Hall–Kier alpha value is -2.61. The standard InChI is InChI=1S/C18H22N2O5S/c1-4-24-18(23)16-11(2)15(12(3)20-16)17(22)25-10-14(21)19-8-7-13-6-5-9-26-13/h5-6,9,20H,4,7-8,10H2,1-3H3,(H,19,21). The number of carbonyl (C=O) groups excluding carboxylic acids is 3. The van der Waals surface area contributed by atoms with Crippen LogP contribution in [0, 0.1) is 13.8 Å². The van der Waals surface area contributed by atoms with Gasteiger partial charge >= 0.3 is 11.9 Å². The van der Waals surface area contributed by atoms with Crippen molar-refractivity contribution in [3.8, 4) is 0 Å². The third-order valence-corrected chi connectivity index (χ3v) is 4.67. The molecule has 2 heterocycles. The second kappa shape index (κ2) is 9.19. The van der Waals surface area contributed by atoms with Crippen molar-refractivity contribution in [2.75, 3.05) is 19.8 Å². The summed E-state index contributed by atoms with van der Waals surface area (Å²) in [5.74, 6) is -1.55. The summed E-state index contributed by atoms with van der Waals surface area (Å²) in [6.45, 7) is 5.34. The normalized spacial score (nSPS) is 10.4. The Bertz CT molecular complexity index is 780. The average Bonchev–Trinajstić information content (AvgIpc) is 3.21. The first kappa shape index (κ1) is 19.7. The Labute approximate surface area is 155 Å². The van der Waals surface area contributed by atoms with Crippen molar-refractivity contribution in [1.82, 2.24) is 10.3 Å². The molecule has 140 valence electrons. The molecule has 0 aromatic carbocycles. The lowest BCUT2D eigenvalue weighted by Gasteiger charge is -2.07. The molecule has 2 aromatic heterocycles. The van der Waals surface area contributed by atoms with E-state index in [0.717, 1.165) is 6.42 Å². The number of nitrogens with one attached hydrogen (secondary N) is 2. The molecule has 0 saturated heterocycles. The Morgan fingerprint density at radius 3 is 2.62 bits per heavy atom. The highest BCUT2D eigenvalue weighted by molar-refractivity contribution is 7.09. The lowest BCUT2D eigenvalue weighted by atomic mass is 10.1. The van der Waals surface area contributed by atoms with E-state index in [9.17, 15) is 14.4 Å². The van der Waals surface area contributed by atoms with Crippen molar-refractivity contribution in [3.05, 3.63) is 44.9 Å². The SMILES string of the molecule is CCOC(=O)c1[nH]c(C)c(C(=O)OCC(=O)NCCc2cccs2)c1C. The van der Waals surface area contributed by atoms with Crippen LogP contribution in [0.3, 0.4) is 0 Å². The molecule has 0 radical (unpaired) electrons. The van der Waals surface area contributed by atoms with Gasteiger partial charge in [0.05, 0.1) is 12.2 Å². The summed E-state index contributed by atoms with van der Waals surface area (Å²) in [6.07, 6.45) is 0.732. The highest BCUT2D eigenvalue weighted by Gasteiger charge is 2.24. The molecule has 26 heavy (non-hydrogen) atoms. The fraction of sp³-hybridized carbons (Fsp3) is 0.389. The van der Waals surface area contributed by atoms with Gasteiger partial charge in [0, 0.05) is 17.1 Å². The van der Waals surface area contributed by atoms with Crippen molar-refractivity contribution in [1.29, 1.82) is 0 Å². The molecule has 0 saturated carbocycles. The van der Waals surface area contributed by atoms with Crippen molar-refractivity contribution in [2.45, 2.75) is 27.2 Å². The van der Waals surface area contributed by atoms with Crippen LogP contribution in [0.2, 0.25) is 0 Å². The quantitative estimate of drug-likeness (QED) is 0.688. The van der Waals surface area contributed by atoms with Crippen LogP contribution < -0.4 is 5.32 Å². The third-order valence-electron chi connectivity index (χ3n) is 3.73. The summed E-state index contributed by atoms with van der Waals surface area (Å²) in [4.78, 5) is 40.0. The van der Waals surface area contributed by atoms with Crippen LogP contribution in [0.25, 0.3) is 0 Å². The number of hydrogen-bond acceptors (Lipinski definition) is 6. The van der Waals surface area contributed by atoms with E-state index in [-0.39, 0.29) is 30.4 Å². The fourth-order valence-electron chi connectivity index (χ4n) is 2.50. The van der Waals surface area contributed by atoms with Gasteiger partial charge < -0.3 is 19.8 Å². The van der Waals surface area contributed by atoms with Crippen LogP contribution in [-0.4, -0.2) is 42.6 Å². The number of aromatic nitrogens is 1. The van der Waals surface area contributed by atoms with E-state index in [1.165, 1.54) is 4.88 Å². The van der Waals surface area contributed by atoms with Gasteiger partial charge in [-0.05, 0) is 44.2 Å². The summed E-state index contributed by atoms with van der Waals surface area (Å²) < 4.78 is 10.0. The largest absolute Gasteiger partial charge is 0.461 e. The van der Waals surface area contributed by atoms with Crippen LogP contribution in [0.1, 0.15) is 43.9 Å². The Balaban J connectivity index is 1.87. The highest BCUT2D eigenvalue weighted by atomic mass is 32.1. The summed E-state index contributed by atoms with van der Waals surface area (Å²) in [5.41, 5.74) is 1.41. The Kier molecular flexibility index (Phi) is 6.97. The van der Waals surface area contributed by atoms with E-state index in [1.807, 2.05) is 17.5 Å². The first-order chi connectivity index (χ1) is 12.4. The van der Waals surface area contributed by atoms with Crippen LogP contribution in [0.5, 0.6) is 0 Å². The van der Waals surface area contributed by atoms with Crippen LogP contribution >= 0.6 is 11.3 Å². The molecule has 1 amide bonds. The lowest BCUT2D eigenvalue weighted by Crippen LogP contribution is -2.30. The fourth-order valence-corrected chi connectivity index (χ4v) is 3.21. The molecule has 0 fully saturated rings. The van der Waals surface area contributed by atoms with Gasteiger partial charge in [-0.3, -0.25) is 4.79 Å². The van der Waals surface area contributed by atoms with Gasteiger partial charge in [0.25, 0.3) is 5.91 Å². The molecule has 2 N–H and O–H groups in total. The number of carbonyl (C=O) groups is 3. The maximum absolute atomic E-state index is 12.3. The molecular formula is C18H22N2O5S. The number of amides is 1. The van der Waals surface area contributed by atoms with E-state index in [4.69, 9.17) is 9.47 Å². The van der Waals surface area contributed by atoms with Gasteiger partial charge in [-0.25, -0.2) is 9.59 Å². The Morgan fingerprint density at radius 2 is 1.96 bits per heavy atom. The minimum Gasteiger partial charge on any atom is -0.461 e. The van der Waals surface area contributed by atoms with Gasteiger partial charge in [-0.15, -0.1) is 11.3 Å². The third kappa shape index (κ3) is 4.95. The van der Waals surface area contributed by atoms with Gasteiger partial charge in [-0.1, -0.05) is 6.07 Å². The molecule has 0 aliphatic heterocycles. The first-order valence-electron chi connectivity index (χ1n) is 8.26. The van der Waals surface area contributed by atoms with Gasteiger partial charge in [0.1, 0.15) is 5.69 Å². The monoisotopic (exact) mass is 378 g/mol. The van der Waals surface area contributed by atoms with E-state index in [1.54, 1.807) is 32.1 Å². The summed E-state index contributed by atoms with van der Waals surface area (Å²) in [5, 5.41) is 4.68. The van der Waals surface area contributed by atoms with Crippen molar-refractivity contribution < 1.29 is 23.9 Å². The Morgan fingerprint density at radius 1 is 1.19 bits per heavy atom. The zero-order chi connectivity index (χ0) is 19.1. The summed E-state index contributed by atoms with van der Waals surface area (Å²) in [7, 11) is 0. The van der Waals surface area contributed by atoms with E-state index in [0.29, 0.717) is 17.8 Å².